The molecule has 1 amide bonds. The van der Waals surface area contributed by atoms with Gasteiger partial charge in [-0.05, 0) is 55.4 Å². The Hall–Kier alpha value is -2.08. The van der Waals surface area contributed by atoms with Crippen molar-refractivity contribution in [3.05, 3.63) is 28.8 Å². The quantitative estimate of drug-likeness (QED) is 0.794. The van der Waals surface area contributed by atoms with Crippen molar-refractivity contribution in [2.75, 3.05) is 19.8 Å². The van der Waals surface area contributed by atoms with E-state index in [0.29, 0.717) is 23.8 Å². The van der Waals surface area contributed by atoms with E-state index in [4.69, 9.17) is 14.6 Å². The summed E-state index contributed by atoms with van der Waals surface area (Å²) < 4.78 is 11.3. The molecule has 2 N–H and O–H groups in total. The molecular formula is C21H31NO5. The molecule has 0 saturated carbocycles. The second-order valence-corrected chi connectivity index (χ2v) is 8.39. The summed E-state index contributed by atoms with van der Waals surface area (Å²) in [5.74, 6) is -0.353. The van der Waals surface area contributed by atoms with Crippen LogP contribution in [0.25, 0.3) is 0 Å². The van der Waals surface area contributed by atoms with E-state index in [1.54, 1.807) is 12.1 Å². The summed E-state index contributed by atoms with van der Waals surface area (Å²) >= 11 is 0. The molecular weight excluding hydrogens is 346 g/mol. The molecule has 0 spiro atoms. The highest BCUT2D eigenvalue weighted by molar-refractivity contribution is 5.94. The van der Waals surface area contributed by atoms with Crippen LogP contribution in [0.15, 0.2) is 12.1 Å². The first kappa shape index (κ1) is 21.2. The first-order valence-electron chi connectivity index (χ1n) is 9.45. The van der Waals surface area contributed by atoms with Gasteiger partial charge in [0.25, 0.3) is 5.91 Å². The Morgan fingerprint density at radius 3 is 2.44 bits per heavy atom. The zero-order valence-corrected chi connectivity index (χ0v) is 16.9. The molecule has 6 heteroatoms. The standard InChI is InChI=1S/C21H31NO5/c1-13-9-16(10-14(2)18(13)27-12-17(23)24)20(25)22-11-15-7-6-8-26-19(15)21(3,4)5/h9-10,15,19H,6-8,11-12H2,1-5H3,(H,22,25)(H,23,24). The first-order valence-corrected chi connectivity index (χ1v) is 9.45. The van der Waals surface area contributed by atoms with Crippen LogP contribution in [-0.2, 0) is 9.53 Å². The average Bonchev–Trinajstić information content (AvgIpc) is 2.58. The number of amides is 1. The van der Waals surface area contributed by atoms with Crippen molar-refractivity contribution in [1.82, 2.24) is 5.32 Å². The van der Waals surface area contributed by atoms with Gasteiger partial charge in [0.05, 0.1) is 6.10 Å². The van der Waals surface area contributed by atoms with E-state index in [9.17, 15) is 9.59 Å². The molecule has 150 valence electrons. The maximum Gasteiger partial charge on any atom is 0.341 e. The molecule has 27 heavy (non-hydrogen) atoms. The molecule has 0 aromatic heterocycles. The molecule has 2 unspecified atom stereocenters. The van der Waals surface area contributed by atoms with Gasteiger partial charge in [-0.15, -0.1) is 0 Å². The molecule has 0 aliphatic carbocycles. The molecule has 2 rings (SSSR count). The number of benzene rings is 1. The Labute approximate surface area is 161 Å². The molecule has 1 saturated heterocycles. The highest BCUT2D eigenvalue weighted by atomic mass is 16.5. The Bertz CT molecular complexity index is 669. The van der Waals surface area contributed by atoms with Crippen molar-refractivity contribution in [3.63, 3.8) is 0 Å². The van der Waals surface area contributed by atoms with Gasteiger partial charge in [0, 0.05) is 24.6 Å². The number of hydrogen-bond donors (Lipinski definition) is 2. The van der Waals surface area contributed by atoms with Gasteiger partial charge in [-0.2, -0.15) is 0 Å². The summed E-state index contributed by atoms with van der Waals surface area (Å²) in [7, 11) is 0. The summed E-state index contributed by atoms with van der Waals surface area (Å²) in [5.41, 5.74) is 2.08. The fourth-order valence-corrected chi connectivity index (χ4v) is 3.78. The van der Waals surface area contributed by atoms with Crippen LogP contribution >= 0.6 is 0 Å². The normalized spacial score (nSPS) is 20.2. The van der Waals surface area contributed by atoms with E-state index < -0.39 is 12.6 Å². The van der Waals surface area contributed by atoms with Crippen LogP contribution in [0.4, 0.5) is 0 Å². The lowest BCUT2D eigenvalue weighted by Gasteiger charge is -2.40. The number of hydrogen-bond acceptors (Lipinski definition) is 4. The number of nitrogens with one attached hydrogen (secondary N) is 1. The van der Waals surface area contributed by atoms with Gasteiger partial charge in [-0.3, -0.25) is 4.79 Å². The Morgan fingerprint density at radius 1 is 1.26 bits per heavy atom. The Balaban J connectivity index is 2.04. The molecule has 1 aliphatic heterocycles. The van der Waals surface area contributed by atoms with Crippen molar-refractivity contribution in [3.8, 4) is 5.75 Å². The molecule has 6 nitrogen and oxygen atoms in total. The second kappa shape index (κ2) is 8.74. The van der Waals surface area contributed by atoms with Crippen LogP contribution in [-0.4, -0.2) is 42.8 Å². The minimum Gasteiger partial charge on any atom is -0.481 e. The van der Waals surface area contributed by atoms with Crippen LogP contribution in [0.2, 0.25) is 0 Å². The molecule has 0 radical (unpaired) electrons. The third-order valence-electron chi connectivity index (χ3n) is 4.89. The topological polar surface area (TPSA) is 84.9 Å². The maximum atomic E-state index is 12.6. The van der Waals surface area contributed by atoms with Crippen LogP contribution in [0.3, 0.4) is 0 Å². The third-order valence-corrected chi connectivity index (χ3v) is 4.89. The largest absolute Gasteiger partial charge is 0.481 e. The molecule has 1 aromatic rings. The third kappa shape index (κ3) is 5.70. The van der Waals surface area contributed by atoms with Gasteiger partial charge in [0.15, 0.2) is 6.61 Å². The van der Waals surface area contributed by atoms with E-state index in [1.165, 1.54) is 0 Å². The zero-order valence-electron chi connectivity index (χ0n) is 16.9. The molecule has 1 fully saturated rings. The van der Waals surface area contributed by atoms with Crippen LogP contribution < -0.4 is 10.1 Å². The number of carboxylic acids is 1. The van der Waals surface area contributed by atoms with Crippen LogP contribution in [0.5, 0.6) is 5.75 Å². The monoisotopic (exact) mass is 377 g/mol. The molecule has 1 heterocycles. The van der Waals surface area contributed by atoms with Crippen molar-refractivity contribution in [2.24, 2.45) is 11.3 Å². The summed E-state index contributed by atoms with van der Waals surface area (Å²) in [6.07, 6.45) is 2.19. The number of carbonyl (C=O) groups excluding carboxylic acids is 1. The lowest BCUT2D eigenvalue weighted by atomic mass is 9.78. The van der Waals surface area contributed by atoms with E-state index in [0.717, 1.165) is 30.6 Å². The van der Waals surface area contributed by atoms with Gasteiger partial charge in [-0.1, -0.05) is 20.8 Å². The highest BCUT2D eigenvalue weighted by Gasteiger charge is 2.35. The predicted octanol–water partition coefficient (Wildman–Crippen LogP) is 3.34. The zero-order chi connectivity index (χ0) is 20.2. The minimum absolute atomic E-state index is 0.0338. The highest BCUT2D eigenvalue weighted by Crippen LogP contribution is 2.33. The predicted molar refractivity (Wildman–Crippen MR) is 103 cm³/mol. The number of ether oxygens (including phenoxy) is 2. The fraction of sp³-hybridized carbons (Fsp3) is 0.619. The summed E-state index contributed by atoms with van der Waals surface area (Å²) in [6.45, 7) is 11.1. The van der Waals surface area contributed by atoms with E-state index >= 15 is 0 Å². The van der Waals surface area contributed by atoms with Crippen molar-refractivity contribution in [1.29, 1.82) is 0 Å². The SMILES string of the molecule is Cc1cc(C(=O)NCC2CCCOC2C(C)(C)C)cc(C)c1OCC(=O)O. The Morgan fingerprint density at radius 2 is 1.89 bits per heavy atom. The summed E-state index contributed by atoms with van der Waals surface area (Å²) in [4.78, 5) is 23.3. The van der Waals surface area contributed by atoms with Crippen LogP contribution in [0.1, 0.15) is 55.1 Å². The van der Waals surface area contributed by atoms with Gasteiger partial charge in [-0.25, -0.2) is 4.79 Å². The van der Waals surface area contributed by atoms with Crippen molar-refractivity contribution < 1.29 is 24.2 Å². The van der Waals surface area contributed by atoms with E-state index in [-0.39, 0.29) is 17.4 Å². The molecule has 1 aromatic carbocycles. The fourth-order valence-electron chi connectivity index (χ4n) is 3.78. The second-order valence-electron chi connectivity index (χ2n) is 8.39. The van der Waals surface area contributed by atoms with E-state index in [2.05, 4.69) is 26.1 Å². The average molecular weight is 377 g/mol. The maximum absolute atomic E-state index is 12.6. The number of aliphatic carboxylic acids is 1. The van der Waals surface area contributed by atoms with Crippen LogP contribution in [0, 0.1) is 25.2 Å². The summed E-state index contributed by atoms with van der Waals surface area (Å²) in [5, 5.41) is 11.8. The smallest absolute Gasteiger partial charge is 0.341 e. The lowest BCUT2D eigenvalue weighted by molar-refractivity contribution is -0.139. The molecule has 0 bridgehead atoms. The number of rotatable bonds is 6. The molecule has 2 atom stereocenters. The number of carbonyl (C=O) groups is 2. The number of carboxylic acid groups (broad SMARTS) is 1. The van der Waals surface area contributed by atoms with Gasteiger partial charge < -0.3 is 19.9 Å². The Kier molecular flexibility index (Phi) is 6.87. The minimum atomic E-state index is -1.03. The molecule has 1 aliphatic rings. The van der Waals surface area contributed by atoms with E-state index in [1.807, 2.05) is 13.8 Å². The van der Waals surface area contributed by atoms with Crippen molar-refractivity contribution in [2.45, 2.75) is 53.6 Å². The van der Waals surface area contributed by atoms with Crippen molar-refractivity contribution >= 4 is 11.9 Å². The summed E-state index contributed by atoms with van der Waals surface area (Å²) in [6, 6.07) is 3.47. The van der Waals surface area contributed by atoms with Gasteiger partial charge in [0.1, 0.15) is 5.75 Å². The number of aryl methyl sites for hydroxylation is 2. The van der Waals surface area contributed by atoms with Gasteiger partial charge >= 0.3 is 5.97 Å². The first-order chi connectivity index (χ1) is 12.6. The lowest BCUT2D eigenvalue weighted by Crippen LogP contribution is -2.45. The van der Waals surface area contributed by atoms with Gasteiger partial charge in [0.2, 0.25) is 0 Å².